The molecule has 2 aromatic carbocycles. The van der Waals surface area contributed by atoms with Crippen LogP contribution < -0.4 is 19.5 Å². The number of fused-ring (bicyclic) bond motifs is 1. The van der Waals surface area contributed by atoms with Crippen LogP contribution in [0.5, 0.6) is 17.2 Å². The van der Waals surface area contributed by atoms with Crippen LogP contribution in [0.3, 0.4) is 0 Å². The molecule has 1 N–H and O–H groups in total. The summed E-state index contributed by atoms with van der Waals surface area (Å²) in [4.78, 5) is 25.8. The molecule has 0 radical (unpaired) electrons. The van der Waals surface area contributed by atoms with Crippen molar-refractivity contribution in [2.75, 3.05) is 27.0 Å². The van der Waals surface area contributed by atoms with Gasteiger partial charge >= 0.3 is 0 Å². The van der Waals surface area contributed by atoms with E-state index in [2.05, 4.69) is 5.32 Å². The maximum atomic E-state index is 12.2. The van der Waals surface area contributed by atoms with E-state index in [1.54, 1.807) is 12.0 Å². The summed E-state index contributed by atoms with van der Waals surface area (Å²) < 4.78 is 15.9. The lowest BCUT2D eigenvalue weighted by Gasteiger charge is -2.21. The molecule has 2 aromatic rings. The zero-order valence-electron chi connectivity index (χ0n) is 16.8. The minimum Gasteiger partial charge on any atom is -0.497 e. The molecular weight excluding hydrogens is 372 g/mol. The number of nitrogens with one attached hydrogen (secondary N) is 1. The van der Waals surface area contributed by atoms with E-state index in [1.165, 1.54) is 6.92 Å². The van der Waals surface area contributed by atoms with Gasteiger partial charge in [-0.2, -0.15) is 0 Å². The number of hydrogen-bond donors (Lipinski definition) is 1. The van der Waals surface area contributed by atoms with Crippen molar-refractivity contribution in [2.24, 2.45) is 0 Å². The number of ether oxygens (including phenoxy) is 3. The molecule has 0 fully saturated rings. The molecule has 0 atom stereocenters. The quantitative estimate of drug-likeness (QED) is 0.702. The predicted octanol–water partition coefficient (Wildman–Crippen LogP) is 2.52. The Balaban J connectivity index is 1.44. The molecule has 0 saturated carbocycles. The van der Waals surface area contributed by atoms with E-state index >= 15 is 0 Å². The summed E-state index contributed by atoms with van der Waals surface area (Å²) in [5.74, 6) is 2.03. The minimum absolute atomic E-state index is 0.0770. The summed E-state index contributed by atoms with van der Waals surface area (Å²) in [5.41, 5.74) is 2.03. The van der Waals surface area contributed by atoms with Crippen molar-refractivity contribution in [3.8, 4) is 17.2 Å². The first kappa shape index (κ1) is 20.5. The van der Waals surface area contributed by atoms with E-state index < -0.39 is 0 Å². The van der Waals surface area contributed by atoms with Crippen LogP contribution in [0.2, 0.25) is 0 Å². The van der Waals surface area contributed by atoms with Crippen molar-refractivity contribution in [3.05, 3.63) is 53.6 Å². The zero-order chi connectivity index (χ0) is 20.6. The van der Waals surface area contributed by atoms with Crippen molar-refractivity contribution in [1.82, 2.24) is 10.2 Å². The summed E-state index contributed by atoms with van der Waals surface area (Å²) in [6.45, 7) is 3.03. The minimum atomic E-state index is -0.0789. The smallest absolute Gasteiger partial charge is 0.231 e. The van der Waals surface area contributed by atoms with Gasteiger partial charge in [0.05, 0.1) is 7.11 Å². The van der Waals surface area contributed by atoms with Crippen LogP contribution in [0.1, 0.15) is 24.5 Å². The molecule has 3 rings (SSSR count). The molecule has 0 bridgehead atoms. The van der Waals surface area contributed by atoms with Gasteiger partial charge in [0.15, 0.2) is 11.5 Å². The molecule has 1 aliphatic rings. The Bertz CT molecular complexity index is 868. The third kappa shape index (κ3) is 5.88. The van der Waals surface area contributed by atoms with E-state index in [9.17, 15) is 9.59 Å². The summed E-state index contributed by atoms with van der Waals surface area (Å²) in [6, 6.07) is 13.4. The number of carbonyl (C=O) groups excluding carboxylic acids is 2. The molecule has 0 spiro atoms. The summed E-state index contributed by atoms with van der Waals surface area (Å²) in [5, 5.41) is 2.91. The SMILES string of the molecule is COc1cccc(CCNC(=O)CCN(Cc2ccc3c(c2)OCO3)C(C)=O)c1. The van der Waals surface area contributed by atoms with Gasteiger partial charge in [-0.1, -0.05) is 18.2 Å². The first-order chi connectivity index (χ1) is 14.0. The molecule has 0 saturated heterocycles. The molecule has 154 valence electrons. The second-order valence-corrected chi connectivity index (χ2v) is 6.83. The Morgan fingerprint density at radius 1 is 1.10 bits per heavy atom. The van der Waals surface area contributed by atoms with E-state index in [1.807, 2.05) is 42.5 Å². The van der Waals surface area contributed by atoms with Crippen LogP contribution in [-0.4, -0.2) is 43.7 Å². The van der Waals surface area contributed by atoms with Gasteiger partial charge in [-0.05, 0) is 41.8 Å². The lowest BCUT2D eigenvalue weighted by molar-refractivity contribution is -0.130. The lowest BCUT2D eigenvalue weighted by Crippen LogP contribution is -2.34. The monoisotopic (exact) mass is 398 g/mol. The molecule has 7 heteroatoms. The average Bonchev–Trinajstić information content (AvgIpc) is 3.19. The summed E-state index contributed by atoms with van der Waals surface area (Å²) in [6.07, 6.45) is 0.971. The van der Waals surface area contributed by atoms with Crippen molar-refractivity contribution < 1.29 is 23.8 Å². The molecule has 0 unspecified atom stereocenters. The van der Waals surface area contributed by atoms with Crippen molar-refractivity contribution >= 4 is 11.8 Å². The molecule has 7 nitrogen and oxygen atoms in total. The fourth-order valence-electron chi connectivity index (χ4n) is 3.11. The second kappa shape index (κ2) is 9.82. The second-order valence-electron chi connectivity index (χ2n) is 6.83. The van der Waals surface area contributed by atoms with E-state index in [0.29, 0.717) is 31.1 Å². The van der Waals surface area contributed by atoms with Crippen molar-refractivity contribution in [1.29, 1.82) is 0 Å². The molecule has 0 aliphatic carbocycles. The fraction of sp³-hybridized carbons (Fsp3) is 0.364. The van der Waals surface area contributed by atoms with E-state index in [-0.39, 0.29) is 25.0 Å². The van der Waals surface area contributed by atoms with Gasteiger partial charge in [0.1, 0.15) is 5.75 Å². The highest BCUT2D eigenvalue weighted by Gasteiger charge is 2.16. The van der Waals surface area contributed by atoms with Crippen LogP contribution in [-0.2, 0) is 22.6 Å². The van der Waals surface area contributed by atoms with Gasteiger partial charge in [-0.15, -0.1) is 0 Å². The third-order valence-corrected chi connectivity index (χ3v) is 4.73. The first-order valence-corrected chi connectivity index (χ1v) is 9.59. The molecule has 1 heterocycles. The standard InChI is InChI=1S/C22H26N2O5/c1-16(25)24(14-18-6-7-20-21(13-18)29-15-28-20)11-9-22(26)23-10-8-17-4-3-5-19(12-17)27-2/h3-7,12-13H,8-11,14-15H2,1-2H3,(H,23,26). The van der Waals surface area contributed by atoms with E-state index in [4.69, 9.17) is 14.2 Å². The highest BCUT2D eigenvalue weighted by molar-refractivity contribution is 5.78. The number of methoxy groups -OCH3 is 1. The number of nitrogens with zero attached hydrogens (tertiary/aromatic N) is 1. The lowest BCUT2D eigenvalue weighted by atomic mass is 10.1. The van der Waals surface area contributed by atoms with Crippen molar-refractivity contribution in [2.45, 2.75) is 26.3 Å². The largest absolute Gasteiger partial charge is 0.497 e. The van der Waals surface area contributed by atoms with Gasteiger partial charge in [0.2, 0.25) is 18.6 Å². The Labute approximate surface area is 170 Å². The summed E-state index contributed by atoms with van der Waals surface area (Å²) >= 11 is 0. The molecule has 2 amide bonds. The van der Waals surface area contributed by atoms with Gasteiger partial charge in [0.25, 0.3) is 0 Å². The van der Waals surface area contributed by atoms with Crippen LogP contribution in [0.15, 0.2) is 42.5 Å². The van der Waals surface area contributed by atoms with Crippen LogP contribution in [0, 0.1) is 0 Å². The molecule has 0 aromatic heterocycles. The zero-order valence-corrected chi connectivity index (χ0v) is 16.8. The van der Waals surface area contributed by atoms with Crippen LogP contribution in [0.4, 0.5) is 0 Å². The van der Waals surface area contributed by atoms with Gasteiger partial charge in [-0.25, -0.2) is 0 Å². The Morgan fingerprint density at radius 2 is 1.93 bits per heavy atom. The topological polar surface area (TPSA) is 77.1 Å². The number of amides is 2. The van der Waals surface area contributed by atoms with Gasteiger partial charge < -0.3 is 24.4 Å². The number of carbonyl (C=O) groups is 2. The first-order valence-electron chi connectivity index (χ1n) is 9.59. The maximum absolute atomic E-state index is 12.2. The van der Waals surface area contributed by atoms with E-state index in [0.717, 1.165) is 23.3 Å². The molecule has 29 heavy (non-hydrogen) atoms. The predicted molar refractivity (Wildman–Crippen MR) is 108 cm³/mol. The normalized spacial score (nSPS) is 11.8. The Kier molecular flexibility index (Phi) is 6.94. The highest BCUT2D eigenvalue weighted by Crippen LogP contribution is 2.32. The molecule has 1 aliphatic heterocycles. The third-order valence-electron chi connectivity index (χ3n) is 4.73. The van der Waals surface area contributed by atoms with Crippen molar-refractivity contribution in [3.63, 3.8) is 0 Å². The number of benzene rings is 2. The fourth-order valence-corrected chi connectivity index (χ4v) is 3.11. The molecular formula is C22H26N2O5. The number of hydrogen-bond acceptors (Lipinski definition) is 5. The summed E-state index contributed by atoms with van der Waals surface area (Å²) in [7, 11) is 1.63. The van der Waals surface area contributed by atoms with Crippen LogP contribution >= 0.6 is 0 Å². The average molecular weight is 398 g/mol. The highest BCUT2D eigenvalue weighted by atomic mass is 16.7. The Morgan fingerprint density at radius 3 is 2.72 bits per heavy atom. The number of rotatable bonds is 9. The maximum Gasteiger partial charge on any atom is 0.231 e. The Hall–Kier alpha value is -3.22. The van der Waals surface area contributed by atoms with Gasteiger partial charge in [0, 0.05) is 33.0 Å². The van der Waals surface area contributed by atoms with Gasteiger partial charge in [-0.3, -0.25) is 9.59 Å². The van der Waals surface area contributed by atoms with Crippen LogP contribution in [0.25, 0.3) is 0 Å².